The molecule has 0 radical (unpaired) electrons. The molecule has 0 atom stereocenters. The Morgan fingerprint density at radius 2 is 2.14 bits per heavy atom. The van der Waals surface area contributed by atoms with Crippen LogP contribution >= 0.6 is 11.6 Å². The first kappa shape index (κ1) is 15.0. The summed E-state index contributed by atoms with van der Waals surface area (Å²) in [5.41, 5.74) is 3.20. The van der Waals surface area contributed by atoms with Crippen molar-refractivity contribution in [2.45, 2.75) is 0 Å². The topological polar surface area (TPSA) is 50.7 Å². The molecule has 0 fully saturated rings. The normalized spacial score (nSPS) is 10.6. The molecule has 2 aromatic carbocycles. The van der Waals surface area contributed by atoms with Gasteiger partial charge in [-0.3, -0.25) is 4.79 Å². The largest absolute Gasteiger partial charge is 0.495 e. The van der Waals surface area contributed by atoms with Gasteiger partial charge in [-0.05, 0) is 42.0 Å². The van der Waals surface area contributed by atoms with Gasteiger partial charge in [0.15, 0.2) is 0 Å². The average molecular weight is 307 g/mol. The Hall–Kier alpha value is -2.40. The molecule has 2 aromatic rings. The smallest absolute Gasteiger partial charge is 0.271 e. The van der Waals surface area contributed by atoms with Crippen LogP contribution in [0.4, 0.5) is 4.39 Å². The molecule has 0 aromatic heterocycles. The third-order valence-corrected chi connectivity index (χ3v) is 2.94. The van der Waals surface area contributed by atoms with Gasteiger partial charge in [0.05, 0.1) is 18.3 Å². The van der Waals surface area contributed by atoms with Gasteiger partial charge in [0.1, 0.15) is 11.6 Å². The predicted molar refractivity (Wildman–Crippen MR) is 79.5 cm³/mol. The number of nitrogens with zero attached hydrogens (tertiary/aromatic N) is 1. The van der Waals surface area contributed by atoms with Crippen molar-refractivity contribution in [2.75, 3.05) is 7.11 Å². The van der Waals surface area contributed by atoms with Gasteiger partial charge < -0.3 is 4.74 Å². The second kappa shape index (κ2) is 6.85. The Bertz CT molecular complexity index is 689. The summed E-state index contributed by atoms with van der Waals surface area (Å²) in [4.78, 5) is 11.7. The number of hydrogen-bond donors (Lipinski definition) is 1. The van der Waals surface area contributed by atoms with E-state index in [2.05, 4.69) is 10.5 Å². The number of rotatable bonds is 4. The highest BCUT2D eigenvalue weighted by Gasteiger charge is 2.04. The van der Waals surface area contributed by atoms with E-state index >= 15 is 0 Å². The lowest BCUT2D eigenvalue weighted by molar-refractivity contribution is 0.0954. The molecule has 0 saturated carbocycles. The molecule has 2 rings (SSSR count). The first-order chi connectivity index (χ1) is 10.1. The van der Waals surface area contributed by atoms with Crippen molar-refractivity contribution in [1.29, 1.82) is 0 Å². The van der Waals surface area contributed by atoms with Crippen molar-refractivity contribution in [1.82, 2.24) is 5.43 Å². The molecule has 21 heavy (non-hydrogen) atoms. The van der Waals surface area contributed by atoms with E-state index in [0.29, 0.717) is 16.3 Å². The van der Waals surface area contributed by atoms with E-state index in [9.17, 15) is 9.18 Å². The summed E-state index contributed by atoms with van der Waals surface area (Å²) in [6.07, 6.45) is 1.43. The Balaban J connectivity index is 2.02. The van der Waals surface area contributed by atoms with Crippen LogP contribution in [0, 0.1) is 5.82 Å². The number of hydrazone groups is 1. The Kier molecular flexibility index (Phi) is 4.90. The van der Waals surface area contributed by atoms with Gasteiger partial charge >= 0.3 is 0 Å². The van der Waals surface area contributed by atoms with Crippen molar-refractivity contribution in [2.24, 2.45) is 5.10 Å². The quantitative estimate of drug-likeness (QED) is 0.696. The van der Waals surface area contributed by atoms with E-state index < -0.39 is 11.7 Å². The maximum Gasteiger partial charge on any atom is 0.271 e. The summed E-state index contributed by atoms with van der Waals surface area (Å²) in [6.45, 7) is 0. The first-order valence-corrected chi connectivity index (χ1v) is 6.40. The number of carbonyl (C=O) groups is 1. The number of hydrogen-bond acceptors (Lipinski definition) is 3. The minimum absolute atomic E-state index is 0.194. The summed E-state index contributed by atoms with van der Waals surface area (Å²) in [5.74, 6) is -0.420. The average Bonchev–Trinajstić information content (AvgIpc) is 2.47. The number of amides is 1. The summed E-state index contributed by atoms with van der Waals surface area (Å²) in [7, 11) is 1.52. The molecule has 4 nitrogen and oxygen atoms in total. The summed E-state index contributed by atoms with van der Waals surface area (Å²) in [6, 6.07) is 10.4. The fourth-order valence-electron chi connectivity index (χ4n) is 1.62. The van der Waals surface area contributed by atoms with Crippen molar-refractivity contribution in [3.63, 3.8) is 0 Å². The van der Waals surface area contributed by atoms with Gasteiger partial charge in [-0.1, -0.05) is 17.7 Å². The fraction of sp³-hybridized carbons (Fsp3) is 0.0667. The molecule has 0 spiro atoms. The van der Waals surface area contributed by atoms with E-state index in [1.54, 1.807) is 18.2 Å². The maximum absolute atomic E-state index is 13.0. The predicted octanol–water partition coefficient (Wildman–Crippen LogP) is 3.25. The van der Waals surface area contributed by atoms with E-state index in [0.717, 1.165) is 6.07 Å². The number of nitrogens with one attached hydrogen (secondary N) is 1. The lowest BCUT2D eigenvalue weighted by Crippen LogP contribution is -2.17. The second-order valence-electron chi connectivity index (χ2n) is 4.10. The molecule has 0 unspecified atom stereocenters. The summed E-state index contributed by atoms with van der Waals surface area (Å²) < 4.78 is 18.0. The van der Waals surface area contributed by atoms with Crippen molar-refractivity contribution >= 4 is 23.7 Å². The van der Waals surface area contributed by atoms with Crippen molar-refractivity contribution in [3.05, 3.63) is 64.4 Å². The highest BCUT2D eigenvalue weighted by atomic mass is 35.5. The van der Waals surface area contributed by atoms with Gasteiger partial charge in [-0.25, -0.2) is 9.82 Å². The Morgan fingerprint density at radius 3 is 2.81 bits per heavy atom. The molecule has 1 N–H and O–H groups in total. The van der Waals surface area contributed by atoms with Gasteiger partial charge in [0, 0.05) is 5.56 Å². The van der Waals surface area contributed by atoms with E-state index in [1.807, 2.05) is 0 Å². The lowest BCUT2D eigenvalue weighted by Gasteiger charge is -2.03. The summed E-state index contributed by atoms with van der Waals surface area (Å²) in [5, 5.41) is 4.24. The van der Waals surface area contributed by atoms with Crippen LogP contribution < -0.4 is 10.2 Å². The van der Waals surface area contributed by atoms with E-state index in [1.165, 1.54) is 31.5 Å². The molecule has 1 amide bonds. The zero-order chi connectivity index (χ0) is 15.2. The van der Waals surface area contributed by atoms with Crippen LogP contribution in [0.5, 0.6) is 5.75 Å². The van der Waals surface area contributed by atoms with Gasteiger partial charge in [0.25, 0.3) is 5.91 Å². The molecule has 0 aliphatic rings. The molecule has 0 bridgehead atoms. The fourth-order valence-corrected chi connectivity index (χ4v) is 1.89. The minimum atomic E-state index is -0.495. The number of carbonyl (C=O) groups excluding carboxylic acids is 1. The van der Waals surface area contributed by atoms with Crippen LogP contribution in [0.15, 0.2) is 47.6 Å². The molecule has 0 aliphatic carbocycles. The van der Waals surface area contributed by atoms with Crippen LogP contribution in [0.2, 0.25) is 5.02 Å². The van der Waals surface area contributed by atoms with Crippen LogP contribution in [0.3, 0.4) is 0 Å². The van der Waals surface area contributed by atoms with Crippen LogP contribution in [0.1, 0.15) is 15.9 Å². The molecule has 108 valence electrons. The van der Waals surface area contributed by atoms with E-state index in [4.69, 9.17) is 16.3 Å². The third-order valence-electron chi connectivity index (χ3n) is 2.64. The molecular weight excluding hydrogens is 295 g/mol. The van der Waals surface area contributed by atoms with Crippen LogP contribution in [0.25, 0.3) is 0 Å². The molecule has 6 heteroatoms. The van der Waals surface area contributed by atoms with E-state index in [-0.39, 0.29) is 5.56 Å². The highest BCUT2D eigenvalue weighted by Crippen LogP contribution is 2.24. The van der Waals surface area contributed by atoms with Crippen LogP contribution in [-0.4, -0.2) is 19.2 Å². The number of methoxy groups -OCH3 is 1. The van der Waals surface area contributed by atoms with Crippen LogP contribution in [-0.2, 0) is 0 Å². The number of benzene rings is 2. The van der Waals surface area contributed by atoms with Crippen molar-refractivity contribution in [3.8, 4) is 5.75 Å². The van der Waals surface area contributed by atoms with Crippen molar-refractivity contribution < 1.29 is 13.9 Å². The number of ether oxygens (including phenoxy) is 1. The highest BCUT2D eigenvalue weighted by molar-refractivity contribution is 6.32. The first-order valence-electron chi connectivity index (χ1n) is 6.02. The Morgan fingerprint density at radius 1 is 1.33 bits per heavy atom. The molecular formula is C15H12ClFN2O2. The zero-order valence-electron chi connectivity index (χ0n) is 11.1. The lowest BCUT2D eigenvalue weighted by atomic mass is 10.2. The Labute approximate surface area is 126 Å². The van der Waals surface area contributed by atoms with Gasteiger partial charge in [-0.2, -0.15) is 5.10 Å². The zero-order valence-corrected chi connectivity index (χ0v) is 11.9. The molecule has 0 heterocycles. The maximum atomic E-state index is 13.0. The second-order valence-corrected chi connectivity index (χ2v) is 4.51. The summed E-state index contributed by atoms with van der Waals surface area (Å²) >= 11 is 5.97. The molecule has 0 saturated heterocycles. The number of halogens is 2. The standard InChI is InChI=1S/C15H12ClFN2O2/c1-21-14-6-5-10(7-13(14)16)9-18-19-15(20)11-3-2-4-12(17)8-11/h2-9H,1H3,(H,19,20)/b18-9-. The van der Waals surface area contributed by atoms with Gasteiger partial charge in [-0.15, -0.1) is 0 Å². The SMILES string of the molecule is COc1ccc(/C=N\NC(=O)c2cccc(F)c2)cc1Cl. The van der Waals surface area contributed by atoms with Gasteiger partial charge in [0.2, 0.25) is 0 Å². The minimum Gasteiger partial charge on any atom is -0.495 e. The molecule has 0 aliphatic heterocycles. The monoisotopic (exact) mass is 306 g/mol. The third kappa shape index (κ3) is 4.03.